The third kappa shape index (κ3) is 8.58. The maximum Gasteiger partial charge on any atom is 0.164 e. The molecule has 0 aliphatic carbocycles. The summed E-state index contributed by atoms with van der Waals surface area (Å²) in [5, 5.41) is 2.47. The zero-order chi connectivity index (χ0) is 43.7. The predicted molar refractivity (Wildman–Crippen MR) is 263 cm³/mol. The first-order valence-corrected chi connectivity index (χ1v) is 21.7. The topological polar surface area (TPSA) is 82.0 Å². The number of fused-ring (bicyclic) bond motifs is 3. The molecule has 0 fully saturated rings. The van der Waals surface area contributed by atoms with Crippen LogP contribution in [0.2, 0.25) is 0 Å². The van der Waals surface area contributed by atoms with Crippen molar-refractivity contribution >= 4 is 33.3 Å². The molecule has 2 heterocycles. The number of benzene rings is 7. The molecule has 0 radical (unpaired) electrons. The van der Waals surface area contributed by atoms with Crippen LogP contribution >= 0.6 is 0 Å². The molecule has 310 valence electrons. The zero-order valence-electron chi connectivity index (χ0n) is 36.8. The Morgan fingerprint density at radius 2 is 0.952 bits per heavy atom. The largest absolute Gasteiger partial charge is 0.383 e. The zero-order valence-corrected chi connectivity index (χ0v) is 36.8. The number of nitrogens with two attached hydrogens (primary N) is 1. The van der Waals surface area contributed by atoms with Crippen LogP contribution in [-0.4, -0.2) is 25.4 Å². The maximum absolute atomic E-state index is 6.73. The highest BCUT2D eigenvalue weighted by Crippen LogP contribution is 2.39. The number of amidine groups is 1. The van der Waals surface area contributed by atoms with Crippen molar-refractivity contribution < 1.29 is 0 Å². The second-order valence-corrected chi connectivity index (χ2v) is 18.2. The minimum atomic E-state index is -0.0143. The van der Waals surface area contributed by atoms with Gasteiger partial charge in [0.1, 0.15) is 5.84 Å². The summed E-state index contributed by atoms with van der Waals surface area (Å²) in [4.78, 5) is 20.3. The molecule has 0 atom stereocenters. The highest BCUT2D eigenvalue weighted by molar-refractivity contribution is 6.10. The Balaban J connectivity index is 1.29. The standard InChI is InChI=1S/C57H52N6/c1-56(2,3)44-29-33-50-46(36-44)47-37-45(57(4,5)6)30-34-51(47)63(50)49-32-28-43(55-61-53(40-23-15-9-16-24-40)60-54(62-55)41-25-17-10-18-26-41)35-42(49)27-31-48(38-19-11-7-12-20-38)59-52(58)39-21-13-8-14-22-39/h7-26,28-37H,27H2,1-6H3,(H2,58,59)/b48-31-. The third-order valence-corrected chi connectivity index (χ3v) is 11.7. The molecule has 63 heavy (non-hydrogen) atoms. The summed E-state index contributed by atoms with van der Waals surface area (Å²) in [6, 6.07) is 61.0. The maximum atomic E-state index is 6.73. The molecule has 9 aromatic rings. The summed E-state index contributed by atoms with van der Waals surface area (Å²) in [5.74, 6) is 2.29. The molecule has 9 rings (SSSR count). The molecule has 0 saturated heterocycles. The first-order valence-electron chi connectivity index (χ1n) is 21.7. The van der Waals surface area contributed by atoms with E-state index in [4.69, 9.17) is 25.7 Å². The van der Waals surface area contributed by atoms with E-state index in [1.165, 1.54) is 21.9 Å². The molecule has 0 aliphatic heterocycles. The number of nitrogens with zero attached hydrogens (tertiary/aromatic N) is 5. The van der Waals surface area contributed by atoms with Gasteiger partial charge in [-0.1, -0.05) is 181 Å². The van der Waals surface area contributed by atoms with Gasteiger partial charge in [-0.05, 0) is 82.0 Å². The second kappa shape index (κ2) is 16.8. The van der Waals surface area contributed by atoms with Gasteiger partial charge in [-0.15, -0.1) is 0 Å². The van der Waals surface area contributed by atoms with Gasteiger partial charge in [0, 0.05) is 38.7 Å². The summed E-state index contributed by atoms with van der Waals surface area (Å²) < 4.78 is 2.43. The fourth-order valence-electron chi connectivity index (χ4n) is 8.11. The van der Waals surface area contributed by atoms with Gasteiger partial charge in [0.2, 0.25) is 0 Å². The van der Waals surface area contributed by atoms with E-state index in [2.05, 4.69) is 119 Å². The Labute approximate surface area is 370 Å². The molecule has 2 N–H and O–H groups in total. The van der Waals surface area contributed by atoms with Crippen LogP contribution < -0.4 is 5.73 Å². The van der Waals surface area contributed by atoms with E-state index < -0.39 is 0 Å². The molecule has 6 nitrogen and oxygen atoms in total. The van der Waals surface area contributed by atoms with Crippen LogP contribution in [0.25, 0.3) is 67.4 Å². The van der Waals surface area contributed by atoms with E-state index in [0.717, 1.165) is 55.8 Å². The molecule has 0 amide bonds. The Morgan fingerprint density at radius 1 is 0.508 bits per heavy atom. The Morgan fingerprint density at radius 3 is 1.43 bits per heavy atom. The van der Waals surface area contributed by atoms with Gasteiger partial charge < -0.3 is 10.3 Å². The van der Waals surface area contributed by atoms with E-state index in [1.54, 1.807) is 0 Å². The number of aromatic nitrogens is 4. The van der Waals surface area contributed by atoms with E-state index in [1.807, 2.05) is 109 Å². The van der Waals surface area contributed by atoms with Crippen LogP contribution in [0.15, 0.2) is 187 Å². The minimum absolute atomic E-state index is 0.0143. The van der Waals surface area contributed by atoms with E-state index in [-0.39, 0.29) is 10.8 Å². The van der Waals surface area contributed by atoms with Gasteiger partial charge in [-0.2, -0.15) is 0 Å². The number of hydrogen-bond acceptors (Lipinski definition) is 4. The van der Waals surface area contributed by atoms with Gasteiger partial charge in [0.25, 0.3) is 0 Å². The third-order valence-electron chi connectivity index (χ3n) is 11.7. The van der Waals surface area contributed by atoms with Gasteiger partial charge in [-0.25, -0.2) is 19.9 Å². The molecular weight excluding hydrogens is 769 g/mol. The lowest BCUT2D eigenvalue weighted by atomic mass is 9.85. The lowest BCUT2D eigenvalue weighted by molar-refractivity contribution is 0.590. The highest BCUT2D eigenvalue weighted by Gasteiger charge is 2.23. The molecule has 7 aromatic carbocycles. The average molecular weight is 821 g/mol. The van der Waals surface area contributed by atoms with Crippen molar-refractivity contribution in [3.05, 3.63) is 210 Å². The van der Waals surface area contributed by atoms with Crippen molar-refractivity contribution in [2.75, 3.05) is 0 Å². The van der Waals surface area contributed by atoms with Crippen LogP contribution in [0.1, 0.15) is 69.4 Å². The quantitative estimate of drug-likeness (QED) is 0.116. The fraction of sp³-hybridized carbons (Fsp3) is 0.158. The van der Waals surface area contributed by atoms with Gasteiger partial charge >= 0.3 is 0 Å². The van der Waals surface area contributed by atoms with Crippen LogP contribution in [0.3, 0.4) is 0 Å². The van der Waals surface area contributed by atoms with Crippen molar-refractivity contribution in [3.63, 3.8) is 0 Å². The summed E-state index contributed by atoms with van der Waals surface area (Å²) in [6.07, 6.45) is 2.73. The first kappa shape index (κ1) is 40.9. The monoisotopic (exact) mass is 820 g/mol. The van der Waals surface area contributed by atoms with E-state index in [0.29, 0.717) is 29.7 Å². The first-order chi connectivity index (χ1) is 30.4. The fourth-order valence-corrected chi connectivity index (χ4v) is 8.11. The lowest BCUT2D eigenvalue weighted by Crippen LogP contribution is -2.13. The van der Waals surface area contributed by atoms with Crippen LogP contribution in [0.5, 0.6) is 0 Å². The number of allylic oxidation sites excluding steroid dienone is 1. The minimum Gasteiger partial charge on any atom is -0.383 e. The number of rotatable bonds is 9. The normalized spacial score (nSPS) is 12.6. The SMILES string of the molecule is CC(C)(C)c1ccc2c(c1)c1cc(C(C)(C)C)ccc1n2-c1ccc(-c2nc(-c3ccccc3)nc(-c3ccccc3)n2)cc1C/C=C(\N=C(N)c1ccccc1)c1ccccc1. The molecule has 0 aliphatic rings. The molecule has 6 heteroatoms. The molecule has 2 aromatic heterocycles. The highest BCUT2D eigenvalue weighted by atomic mass is 15.0. The van der Waals surface area contributed by atoms with Crippen molar-refractivity contribution in [2.45, 2.75) is 58.8 Å². The van der Waals surface area contributed by atoms with Gasteiger partial charge in [0.15, 0.2) is 17.5 Å². The van der Waals surface area contributed by atoms with Crippen LogP contribution in [-0.2, 0) is 17.3 Å². The van der Waals surface area contributed by atoms with E-state index in [9.17, 15) is 0 Å². The summed E-state index contributed by atoms with van der Waals surface area (Å²) in [5.41, 5.74) is 19.1. The summed E-state index contributed by atoms with van der Waals surface area (Å²) >= 11 is 0. The van der Waals surface area contributed by atoms with Gasteiger partial charge in [-0.3, -0.25) is 0 Å². The molecule has 0 saturated carbocycles. The Kier molecular flexibility index (Phi) is 10.9. The molecule has 0 spiro atoms. The Bertz CT molecular complexity index is 3000. The van der Waals surface area contributed by atoms with Crippen molar-refractivity contribution in [2.24, 2.45) is 10.7 Å². The number of hydrogen-bond donors (Lipinski definition) is 1. The second-order valence-electron chi connectivity index (χ2n) is 18.2. The van der Waals surface area contributed by atoms with Crippen LogP contribution in [0, 0.1) is 0 Å². The molecular formula is C57H52N6. The average Bonchev–Trinajstić information content (AvgIpc) is 3.63. The number of aliphatic imine (C=N–C) groups is 1. The lowest BCUT2D eigenvalue weighted by Gasteiger charge is -2.19. The Hall–Kier alpha value is -7.44. The van der Waals surface area contributed by atoms with Crippen molar-refractivity contribution in [3.8, 4) is 39.9 Å². The van der Waals surface area contributed by atoms with Crippen LogP contribution in [0.4, 0.5) is 0 Å². The van der Waals surface area contributed by atoms with E-state index >= 15 is 0 Å². The molecule has 0 bridgehead atoms. The summed E-state index contributed by atoms with van der Waals surface area (Å²) in [7, 11) is 0. The summed E-state index contributed by atoms with van der Waals surface area (Å²) in [6.45, 7) is 13.7. The van der Waals surface area contributed by atoms with Crippen molar-refractivity contribution in [1.29, 1.82) is 0 Å². The van der Waals surface area contributed by atoms with Gasteiger partial charge in [0.05, 0.1) is 16.7 Å². The van der Waals surface area contributed by atoms with Crippen molar-refractivity contribution in [1.82, 2.24) is 19.5 Å². The molecule has 0 unspecified atom stereocenters. The predicted octanol–water partition coefficient (Wildman–Crippen LogP) is 13.6. The smallest absolute Gasteiger partial charge is 0.164 e.